The molecule has 0 saturated heterocycles. The van der Waals surface area contributed by atoms with Gasteiger partial charge in [0, 0.05) is 0 Å². The number of carbonyl (C=O) groups is 1. The maximum absolute atomic E-state index is 11.7. The lowest BCUT2D eigenvalue weighted by atomic mass is 10.1. The second-order valence-electron chi connectivity index (χ2n) is 4.70. The van der Waals surface area contributed by atoms with Gasteiger partial charge in [0.2, 0.25) is 0 Å². The fourth-order valence-electron chi connectivity index (χ4n) is 1.73. The number of aliphatic hydroxyl groups excluding tert-OH is 1. The molecule has 1 atom stereocenters. The van der Waals surface area contributed by atoms with E-state index in [1.807, 2.05) is 30.3 Å². The highest BCUT2D eigenvalue weighted by Crippen LogP contribution is 2.06. The Kier molecular flexibility index (Phi) is 7.25. The Labute approximate surface area is 118 Å². The van der Waals surface area contributed by atoms with E-state index in [-0.39, 0.29) is 18.4 Å². The number of esters is 1. The number of rotatable bonds is 8. The van der Waals surface area contributed by atoms with E-state index in [1.54, 1.807) is 6.92 Å². The van der Waals surface area contributed by atoms with Crippen LogP contribution < -0.4 is 0 Å². The molecule has 1 aromatic carbocycles. The molecule has 1 aromatic rings. The average Bonchev–Trinajstić information content (AvgIpc) is 2.45. The van der Waals surface area contributed by atoms with Crippen LogP contribution in [0.1, 0.15) is 38.2 Å². The Morgan fingerprint density at radius 3 is 2.65 bits per heavy atom. The van der Waals surface area contributed by atoms with Gasteiger partial charge in [0.1, 0.15) is 6.61 Å². The molecule has 1 unspecified atom stereocenters. The first kappa shape index (κ1) is 16.1. The minimum atomic E-state index is -0.603. The molecule has 5 heteroatoms. The van der Waals surface area contributed by atoms with Gasteiger partial charge in [-0.15, -0.1) is 0 Å². The number of benzene rings is 1. The van der Waals surface area contributed by atoms with Crippen LogP contribution in [0.3, 0.4) is 0 Å². The monoisotopic (exact) mass is 276 g/mol. The fourth-order valence-corrected chi connectivity index (χ4v) is 1.73. The maximum Gasteiger partial charge on any atom is 0.417 e. The van der Waals surface area contributed by atoms with Gasteiger partial charge in [-0.2, -0.15) is 4.79 Å². The van der Waals surface area contributed by atoms with Crippen molar-refractivity contribution in [2.75, 3.05) is 0 Å². The maximum atomic E-state index is 11.7. The van der Waals surface area contributed by atoms with Gasteiger partial charge in [0.05, 0.1) is 12.5 Å². The largest absolute Gasteiger partial charge is 0.452 e. The van der Waals surface area contributed by atoms with E-state index in [0.29, 0.717) is 19.3 Å². The minimum absolute atomic E-state index is 0.0199. The van der Waals surface area contributed by atoms with Crippen LogP contribution >= 0.6 is 0 Å². The molecular weight excluding hydrogens is 256 g/mol. The van der Waals surface area contributed by atoms with Crippen molar-refractivity contribution in [2.45, 2.75) is 45.3 Å². The summed E-state index contributed by atoms with van der Waals surface area (Å²) in [5.74, 6) is -0.603. The van der Waals surface area contributed by atoms with Gasteiger partial charge in [-0.25, -0.2) is 4.79 Å². The zero-order valence-electron chi connectivity index (χ0n) is 11.7. The first-order valence-electron chi connectivity index (χ1n) is 6.73. The van der Waals surface area contributed by atoms with Crippen LogP contribution in [0.5, 0.6) is 0 Å². The number of hydrogen-bond donors (Lipinski definition) is 1. The summed E-state index contributed by atoms with van der Waals surface area (Å²) >= 11 is 0. The van der Waals surface area contributed by atoms with Crippen LogP contribution in [0, 0.1) is 0 Å². The van der Waals surface area contributed by atoms with Crippen LogP contribution in [0.25, 0.3) is 5.53 Å². The number of ether oxygens (including phenoxy) is 1. The van der Waals surface area contributed by atoms with E-state index in [0.717, 1.165) is 12.0 Å². The van der Waals surface area contributed by atoms with E-state index in [4.69, 9.17) is 15.4 Å². The molecule has 1 rings (SSSR count). The first-order valence-corrected chi connectivity index (χ1v) is 6.73. The van der Waals surface area contributed by atoms with Crippen molar-refractivity contribution in [3.05, 3.63) is 41.4 Å². The lowest BCUT2D eigenvalue weighted by Gasteiger charge is -2.03. The molecule has 0 bridgehead atoms. The summed E-state index contributed by atoms with van der Waals surface area (Å²) in [6.45, 7) is 1.88. The fraction of sp³-hybridized carbons (Fsp3) is 0.467. The third kappa shape index (κ3) is 6.27. The zero-order valence-corrected chi connectivity index (χ0v) is 11.7. The van der Waals surface area contributed by atoms with Crippen LogP contribution in [0.4, 0.5) is 0 Å². The van der Waals surface area contributed by atoms with Crippen molar-refractivity contribution in [1.82, 2.24) is 0 Å². The normalized spacial score (nSPS) is 11.5. The third-order valence-electron chi connectivity index (χ3n) is 2.85. The van der Waals surface area contributed by atoms with Crippen LogP contribution in [-0.4, -0.2) is 27.7 Å². The van der Waals surface area contributed by atoms with Crippen molar-refractivity contribution in [3.63, 3.8) is 0 Å². The summed E-state index contributed by atoms with van der Waals surface area (Å²) < 4.78 is 5.08. The van der Waals surface area contributed by atoms with Crippen molar-refractivity contribution >= 4 is 11.7 Å². The van der Waals surface area contributed by atoms with Gasteiger partial charge >= 0.3 is 11.7 Å². The van der Waals surface area contributed by atoms with E-state index in [2.05, 4.69) is 4.79 Å². The molecule has 0 heterocycles. The van der Waals surface area contributed by atoms with Gasteiger partial charge in [-0.1, -0.05) is 36.8 Å². The zero-order chi connectivity index (χ0) is 14.8. The summed E-state index contributed by atoms with van der Waals surface area (Å²) in [4.78, 5) is 14.7. The number of carbonyl (C=O) groups excluding carboxylic acids is 1. The second-order valence-corrected chi connectivity index (χ2v) is 4.70. The van der Waals surface area contributed by atoms with E-state index < -0.39 is 5.97 Å². The first-order chi connectivity index (χ1) is 9.63. The Morgan fingerprint density at radius 1 is 1.35 bits per heavy atom. The number of aliphatic hydroxyl groups is 1. The molecule has 0 aromatic heterocycles. The predicted molar refractivity (Wildman–Crippen MR) is 75.0 cm³/mol. The van der Waals surface area contributed by atoms with Crippen LogP contribution in [0.15, 0.2) is 30.3 Å². The van der Waals surface area contributed by atoms with E-state index in [9.17, 15) is 4.79 Å². The molecule has 1 N–H and O–H groups in total. The molecule has 0 amide bonds. The lowest BCUT2D eigenvalue weighted by Crippen LogP contribution is -2.18. The summed E-state index contributed by atoms with van der Waals surface area (Å²) in [5, 5.41) is 9.12. The summed E-state index contributed by atoms with van der Waals surface area (Å²) in [7, 11) is 0. The van der Waals surface area contributed by atoms with E-state index in [1.165, 1.54) is 0 Å². The van der Waals surface area contributed by atoms with Gasteiger partial charge in [0.15, 0.2) is 0 Å². The molecule has 0 aliphatic carbocycles. The van der Waals surface area contributed by atoms with E-state index >= 15 is 0 Å². The number of unbranched alkanes of at least 4 members (excludes halogenated alkanes) is 1. The van der Waals surface area contributed by atoms with Gasteiger partial charge in [-0.05, 0) is 25.3 Å². The van der Waals surface area contributed by atoms with Crippen LogP contribution in [0.2, 0.25) is 0 Å². The summed E-state index contributed by atoms with van der Waals surface area (Å²) in [5.41, 5.74) is 9.74. The molecule has 20 heavy (non-hydrogen) atoms. The van der Waals surface area contributed by atoms with Crippen molar-refractivity contribution in [1.29, 1.82) is 0 Å². The SMILES string of the molecule is CC(O)CCCCC(=[N+]=[N-])C(=O)OCc1ccccc1. The minimum Gasteiger partial charge on any atom is -0.452 e. The van der Waals surface area contributed by atoms with Crippen molar-refractivity contribution < 1.29 is 19.4 Å². The summed E-state index contributed by atoms with van der Waals surface area (Å²) in [6, 6.07) is 9.31. The highest BCUT2D eigenvalue weighted by Gasteiger charge is 2.21. The van der Waals surface area contributed by atoms with Crippen molar-refractivity contribution in [3.8, 4) is 0 Å². The van der Waals surface area contributed by atoms with Crippen molar-refractivity contribution in [2.24, 2.45) is 0 Å². The standard InChI is InChI=1S/C15H20N2O3/c1-12(18)7-5-6-10-14(17-16)15(19)20-11-13-8-3-2-4-9-13/h2-4,8-9,12,18H,5-7,10-11H2,1H3. The molecule has 0 aliphatic rings. The molecule has 108 valence electrons. The molecule has 0 spiro atoms. The second kappa shape index (κ2) is 9.02. The van der Waals surface area contributed by atoms with Gasteiger partial charge in [0.25, 0.3) is 0 Å². The van der Waals surface area contributed by atoms with Gasteiger partial charge in [-0.3, -0.25) is 0 Å². The topological polar surface area (TPSA) is 82.9 Å². The molecular formula is C15H20N2O3. The Morgan fingerprint density at radius 2 is 2.05 bits per heavy atom. The smallest absolute Gasteiger partial charge is 0.417 e. The molecule has 0 fully saturated rings. The molecule has 0 radical (unpaired) electrons. The Bertz CT molecular complexity index is 465. The number of hydrogen-bond acceptors (Lipinski definition) is 3. The van der Waals surface area contributed by atoms with Gasteiger partial charge < -0.3 is 15.4 Å². The lowest BCUT2D eigenvalue weighted by molar-refractivity contribution is -0.141. The quantitative estimate of drug-likeness (QED) is 0.260. The Balaban J connectivity index is 2.34. The highest BCUT2D eigenvalue weighted by molar-refractivity contribution is 6.33. The third-order valence-corrected chi connectivity index (χ3v) is 2.85. The van der Waals surface area contributed by atoms with Crippen LogP contribution in [-0.2, 0) is 16.1 Å². The molecule has 5 nitrogen and oxygen atoms in total. The average molecular weight is 276 g/mol. The molecule has 0 saturated carbocycles. The molecule has 0 aliphatic heterocycles. The predicted octanol–water partition coefficient (Wildman–Crippen LogP) is 2.34. The highest BCUT2D eigenvalue weighted by atomic mass is 16.5. The number of nitrogens with zero attached hydrogens (tertiary/aromatic N) is 2. The summed E-state index contributed by atoms with van der Waals surface area (Å²) in [6.07, 6.45) is 2.09. The Hall–Kier alpha value is -1.97.